The van der Waals surface area contributed by atoms with E-state index in [1.807, 2.05) is 65.0 Å². The third-order valence-electron chi connectivity index (χ3n) is 5.89. The number of hydrogen-bond donors (Lipinski definition) is 1. The molecule has 0 fully saturated rings. The first-order valence-electron chi connectivity index (χ1n) is 11.6. The summed E-state index contributed by atoms with van der Waals surface area (Å²) in [5.74, 6) is 1.67. The fourth-order valence-corrected chi connectivity index (χ4v) is 5.20. The van der Waals surface area contributed by atoms with Crippen LogP contribution in [0.3, 0.4) is 0 Å². The normalized spacial score (nSPS) is 12.6. The van der Waals surface area contributed by atoms with E-state index in [4.69, 9.17) is 21.4 Å². The molecule has 0 amide bonds. The van der Waals surface area contributed by atoms with Crippen LogP contribution in [0.4, 0.5) is 11.6 Å². The van der Waals surface area contributed by atoms with Crippen LogP contribution in [0, 0.1) is 0 Å². The second kappa shape index (κ2) is 10.0. The van der Waals surface area contributed by atoms with Crippen molar-refractivity contribution in [1.29, 1.82) is 0 Å². The molecule has 0 saturated carbocycles. The molecule has 0 unspecified atom stereocenters. The second-order valence-corrected chi connectivity index (χ2v) is 9.61. The highest BCUT2D eigenvalue weighted by Gasteiger charge is 2.22. The van der Waals surface area contributed by atoms with Gasteiger partial charge in [-0.2, -0.15) is 5.10 Å². The van der Waals surface area contributed by atoms with Gasteiger partial charge in [-0.05, 0) is 54.1 Å². The number of fused-ring (bicyclic) bond motifs is 1. The molecule has 1 aliphatic rings. The number of rotatable bonds is 6. The van der Waals surface area contributed by atoms with Gasteiger partial charge in [-0.1, -0.05) is 35.9 Å². The molecule has 5 aromatic rings. The lowest BCUT2D eigenvalue weighted by molar-refractivity contribution is 0.464. The van der Waals surface area contributed by atoms with E-state index in [2.05, 4.69) is 38.5 Å². The van der Waals surface area contributed by atoms with Crippen molar-refractivity contribution in [2.75, 3.05) is 17.4 Å². The summed E-state index contributed by atoms with van der Waals surface area (Å²) in [6, 6.07) is 23.8. The predicted molar refractivity (Wildman–Crippen MR) is 149 cm³/mol. The molecule has 0 aliphatic carbocycles. The van der Waals surface area contributed by atoms with Crippen molar-refractivity contribution >= 4 is 40.3 Å². The maximum absolute atomic E-state index is 6.22. The minimum atomic E-state index is 0.470. The van der Waals surface area contributed by atoms with Crippen LogP contribution in [0.1, 0.15) is 16.0 Å². The first-order chi connectivity index (χ1) is 18.2. The van der Waals surface area contributed by atoms with Crippen molar-refractivity contribution in [3.05, 3.63) is 112 Å². The minimum Gasteiger partial charge on any atom is -0.438 e. The van der Waals surface area contributed by atoms with Gasteiger partial charge < -0.3 is 10.1 Å². The number of aromatic nitrogens is 3. The Morgan fingerprint density at radius 3 is 2.59 bits per heavy atom. The topological polar surface area (TPSA) is 75.5 Å². The highest BCUT2D eigenvalue weighted by molar-refractivity contribution is 7.12. The summed E-state index contributed by atoms with van der Waals surface area (Å²) in [6.45, 7) is 0.672. The van der Waals surface area contributed by atoms with E-state index in [-0.39, 0.29) is 0 Å². The lowest BCUT2D eigenvalue weighted by Gasteiger charge is -2.27. The number of thiophene rings is 1. The first-order valence-corrected chi connectivity index (χ1v) is 12.9. The SMILES string of the molecule is CNc1nccc(-c2cccnc2Oc2ccc(N3Cc4ccccc4C(c4cc(Cl)cs4)=N3)cc2)n1. The molecule has 7 nitrogen and oxygen atoms in total. The lowest BCUT2D eigenvalue weighted by atomic mass is 10.00. The van der Waals surface area contributed by atoms with Crippen LogP contribution < -0.4 is 15.1 Å². The molecule has 0 bridgehead atoms. The molecule has 4 heterocycles. The Bertz CT molecular complexity index is 1600. The van der Waals surface area contributed by atoms with Crippen molar-refractivity contribution in [3.8, 4) is 22.9 Å². The number of hydrazone groups is 1. The zero-order chi connectivity index (χ0) is 25.2. The molecule has 0 atom stereocenters. The van der Waals surface area contributed by atoms with Gasteiger partial charge in [-0.3, -0.25) is 5.01 Å². The van der Waals surface area contributed by atoms with Crippen molar-refractivity contribution in [1.82, 2.24) is 15.0 Å². The van der Waals surface area contributed by atoms with Gasteiger partial charge in [0.25, 0.3) is 0 Å². The smallest absolute Gasteiger partial charge is 0.228 e. The number of benzene rings is 2. The third kappa shape index (κ3) is 4.76. The van der Waals surface area contributed by atoms with Crippen LogP contribution in [-0.4, -0.2) is 27.7 Å². The molecular weight excluding hydrogens is 504 g/mol. The van der Waals surface area contributed by atoms with Gasteiger partial charge in [0, 0.05) is 30.4 Å². The number of hydrogen-bond acceptors (Lipinski definition) is 8. The molecule has 2 aromatic carbocycles. The number of pyridine rings is 1. The summed E-state index contributed by atoms with van der Waals surface area (Å²) in [4.78, 5) is 14.2. The van der Waals surface area contributed by atoms with Gasteiger partial charge >= 0.3 is 0 Å². The average molecular weight is 525 g/mol. The van der Waals surface area contributed by atoms with E-state index in [1.165, 1.54) is 5.56 Å². The van der Waals surface area contributed by atoms with Gasteiger partial charge in [0.2, 0.25) is 11.8 Å². The first kappa shape index (κ1) is 23.1. The maximum atomic E-state index is 6.22. The fraction of sp³-hybridized carbons (Fsp3) is 0.0714. The standard InChI is InChI=1S/C28H21ClN6OS/c1-30-28-32-14-12-24(33-28)23-7-4-13-31-27(23)36-21-10-8-20(9-11-21)35-16-18-5-2-3-6-22(18)26(34-35)25-15-19(29)17-37-25/h2-15,17H,16H2,1H3,(H,30,32,33). The predicted octanol–water partition coefficient (Wildman–Crippen LogP) is 6.86. The van der Waals surface area contributed by atoms with Gasteiger partial charge in [0.05, 0.1) is 33.4 Å². The van der Waals surface area contributed by atoms with E-state index in [0.717, 1.165) is 38.1 Å². The molecule has 6 rings (SSSR count). The molecule has 37 heavy (non-hydrogen) atoms. The number of halogens is 1. The van der Waals surface area contributed by atoms with Crippen molar-refractivity contribution in [2.45, 2.75) is 6.54 Å². The van der Waals surface area contributed by atoms with Crippen LogP contribution in [0.15, 0.2) is 95.7 Å². The number of ether oxygens (including phenoxy) is 1. The van der Waals surface area contributed by atoms with Crippen LogP contribution in [-0.2, 0) is 6.54 Å². The Hall–Kier alpha value is -4.27. The van der Waals surface area contributed by atoms with E-state index in [1.54, 1.807) is 30.8 Å². The lowest BCUT2D eigenvalue weighted by Crippen LogP contribution is -2.25. The summed E-state index contributed by atoms with van der Waals surface area (Å²) in [5, 5.41) is 12.6. The second-order valence-electron chi connectivity index (χ2n) is 8.26. The van der Waals surface area contributed by atoms with Crippen LogP contribution >= 0.6 is 22.9 Å². The van der Waals surface area contributed by atoms with Gasteiger partial charge in [-0.15, -0.1) is 11.3 Å². The molecule has 9 heteroatoms. The Morgan fingerprint density at radius 2 is 1.78 bits per heavy atom. The number of nitrogens with zero attached hydrogens (tertiary/aromatic N) is 5. The Morgan fingerprint density at radius 1 is 0.946 bits per heavy atom. The molecule has 3 aromatic heterocycles. The number of anilines is 2. The quantitative estimate of drug-likeness (QED) is 0.261. The molecule has 0 spiro atoms. The number of nitrogens with one attached hydrogen (secondary N) is 1. The highest BCUT2D eigenvalue weighted by atomic mass is 35.5. The third-order valence-corrected chi connectivity index (χ3v) is 7.17. The molecule has 182 valence electrons. The molecular formula is C28H21ClN6OS. The van der Waals surface area contributed by atoms with Crippen LogP contribution in [0.25, 0.3) is 11.3 Å². The zero-order valence-corrected chi connectivity index (χ0v) is 21.4. The summed E-state index contributed by atoms with van der Waals surface area (Å²) in [6.07, 6.45) is 3.40. The van der Waals surface area contributed by atoms with Gasteiger partial charge in [0.1, 0.15) is 11.5 Å². The fourth-order valence-electron chi connectivity index (χ4n) is 4.12. The Labute approximate surface area is 223 Å². The molecule has 0 radical (unpaired) electrons. The monoisotopic (exact) mass is 524 g/mol. The van der Waals surface area contributed by atoms with Crippen LogP contribution in [0.5, 0.6) is 11.6 Å². The summed E-state index contributed by atoms with van der Waals surface area (Å²) < 4.78 is 6.17. The van der Waals surface area contributed by atoms with E-state index in [9.17, 15) is 0 Å². The largest absolute Gasteiger partial charge is 0.438 e. The van der Waals surface area contributed by atoms with E-state index >= 15 is 0 Å². The van der Waals surface area contributed by atoms with Gasteiger partial charge in [0.15, 0.2) is 0 Å². The van der Waals surface area contributed by atoms with Crippen molar-refractivity contribution in [2.24, 2.45) is 5.10 Å². The Balaban J connectivity index is 1.28. The Kier molecular flexibility index (Phi) is 6.26. The zero-order valence-electron chi connectivity index (χ0n) is 19.8. The molecule has 0 saturated heterocycles. The van der Waals surface area contributed by atoms with E-state index in [0.29, 0.717) is 24.1 Å². The average Bonchev–Trinajstić information content (AvgIpc) is 3.39. The summed E-state index contributed by atoms with van der Waals surface area (Å²) in [7, 11) is 1.78. The summed E-state index contributed by atoms with van der Waals surface area (Å²) in [5.41, 5.74) is 5.72. The summed E-state index contributed by atoms with van der Waals surface area (Å²) >= 11 is 7.81. The van der Waals surface area contributed by atoms with Crippen LogP contribution in [0.2, 0.25) is 5.02 Å². The van der Waals surface area contributed by atoms with Crippen molar-refractivity contribution < 1.29 is 4.74 Å². The molecule has 1 aliphatic heterocycles. The minimum absolute atomic E-state index is 0.470. The molecule has 1 N–H and O–H groups in total. The maximum Gasteiger partial charge on any atom is 0.228 e. The van der Waals surface area contributed by atoms with Crippen molar-refractivity contribution in [3.63, 3.8) is 0 Å². The van der Waals surface area contributed by atoms with E-state index < -0.39 is 0 Å². The highest BCUT2D eigenvalue weighted by Crippen LogP contribution is 2.33. The van der Waals surface area contributed by atoms with Gasteiger partial charge in [-0.25, -0.2) is 15.0 Å².